The smallest absolute Gasteiger partial charge is 0.326 e. The molecule has 1 rings (SSSR count). The monoisotopic (exact) mass is 301 g/mol. The molecule has 1 aromatic heterocycles. The molecule has 1 heterocycles. The second-order valence-electron chi connectivity index (χ2n) is 4.32. The van der Waals surface area contributed by atoms with Crippen LogP contribution in [0.1, 0.15) is 31.0 Å². The zero-order chi connectivity index (χ0) is 15.1. The Hall–Kier alpha value is -1.70. The van der Waals surface area contributed by atoms with E-state index in [-0.39, 0.29) is 0 Å². The van der Waals surface area contributed by atoms with Crippen LogP contribution in [0.2, 0.25) is 0 Å². The van der Waals surface area contributed by atoms with E-state index in [2.05, 4.69) is 15.6 Å². The van der Waals surface area contributed by atoms with Crippen LogP contribution in [0.15, 0.2) is 10.6 Å². The van der Waals surface area contributed by atoms with Crippen molar-refractivity contribution in [1.82, 2.24) is 15.6 Å². The number of aromatic nitrogens is 1. The molecule has 3 N–H and O–H groups in total. The van der Waals surface area contributed by atoms with Gasteiger partial charge in [-0.1, -0.05) is 0 Å². The van der Waals surface area contributed by atoms with Crippen molar-refractivity contribution < 1.29 is 19.1 Å². The van der Waals surface area contributed by atoms with Crippen molar-refractivity contribution in [3.8, 4) is 0 Å². The molecule has 2 atom stereocenters. The van der Waals surface area contributed by atoms with Gasteiger partial charge in [-0.05, 0) is 32.3 Å². The van der Waals surface area contributed by atoms with E-state index < -0.39 is 24.1 Å². The number of thioether (sulfide) groups is 1. The summed E-state index contributed by atoms with van der Waals surface area (Å²) in [6.07, 6.45) is 3.81. The number of aliphatic carboxylic acids is 1. The van der Waals surface area contributed by atoms with Crippen molar-refractivity contribution in [2.45, 2.75) is 32.4 Å². The third-order valence-electron chi connectivity index (χ3n) is 2.57. The Morgan fingerprint density at radius 3 is 2.70 bits per heavy atom. The van der Waals surface area contributed by atoms with Crippen LogP contribution in [0.3, 0.4) is 0 Å². The van der Waals surface area contributed by atoms with E-state index in [0.717, 1.165) is 0 Å². The molecule has 0 radical (unpaired) electrons. The highest BCUT2D eigenvalue weighted by Gasteiger charge is 2.21. The first-order valence-electron chi connectivity index (χ1n) is 6.15. The Balaban J connectivity index is 2.50. The van der Waals surface area contributed by atoms with Crippen LogP contribution in [0.4, 0.5) is 4.79 Å². The lowest BCUT2D eigenvalue weighted by Gasteiger charge is -2.16. The zero-order valence-electron chi connectivity index (χ0n) is 11.7. The van der Waals surface area contributed by atoms with E-state index in [4.69, 9.17) is 9.52 Å². The van der Waals surface area contributed by atoms with Crippen molar-refractivity contribution in [1.29, 1.82) is 0 Å². The molecule has 0 aromatic carbocycles. The molecule has 0 spiro atoms. The van der Waals surface area contributed by atoms with Crippen LogP contribution in [0.25, 0.3) is 0 Å². The number of hydrogen-bond acceptors (Lipinski definition) is 5. The van der Waals surface area contributed by atoms with E-state index in [1.807, 2.05) is 6.26 Å². The number of urea groups is 1. The van der Waals surface area contributed by atoms with Crippen molar-refractivity contribution >= 4 is 23.8 Å². The average molecular weight is 301 g/mol. The van der Waals surface area contributed by atoms with Gasteiger partial charge in [0, 0.05) is 0 Å². The van der Waals surface area contributed by atoms with E-state index in [9.17, 15) is 9.59 Å². The molecular formula is C12H19N3O4S. The first-order chi connectivity index (χ1) is 9.43. The minimum atomic E-state index is -1.05. The van der Waals surface area contributed by atoms with Crippen LogP contribution >= 0.6 is 11.8 Å². The fourth-order valence-corrected chi connectivity index (χ4v) is 2.00. The molecule has 20 heavy (non-hydrogen) atoms. The lowest BCUT2D eigenvalue weighted by molar-refractivity contribution is -0.139. The number of carboxylic acid groups (broad SMARTS) is 1. The van der Waals surface area contributed by atoms with Gasteiger partial charge in [0.1, 0.15) is 17.8 Å². The van der Waals surface area contributed by atoms with E-state index in [0.29, 0.717) is 23.8 Å². The quantitative estimate of drug-likeness (QED) is 0.706. The summed E-state index contributed by atoms with van der Waals surface area (Å²) in [7, 11) is 0. The Kier molecular flexibility index (Phi) is 6.37. The van der Waals surface area contributed by atoms with Gasteiger partial charge in [-0.15, -0.1) is 0 Å². The number of nitrogens with one attached hydrogen (secondary N) is 2. The predicted octanol–water partition coefficient (Wildman–Crippen LogP) is 1.55. The number of aryl methyl sites for hydroxylation is 1. The van der Waals surface area contributed by atoms with E-state index in [1.54, 1.807) is 20.0 Å². The fraction of sp³-hybridized carbons (Fsp3) is 0.583. The minimum absolute atomic E-state index is 0.371. The van der Waals surface area contributed by atoms with Gasteiger partial charge in [0.25, 0.3) is 0 Å². The van der Waals surface area contributed by atoms with Gasteiger partial charge in [-0.3, -0.25) is 0 Å². The number of rotatable bonds is 7. The van der Waals surface area contributed by atoms with Crippen molar-refractivity contribution in [3.05, 3.63) is 17.8 Å². The minimum Gasteiger partial charge on any atom is -0.480 e. The summed E-state index contributed by atoms with van der Waals surface area (Å²) in [6.45, 7) is 3.47. The number of carboxylic acids is 1. The zero-order valence-corrected chi connectivity index (χ0v) is 12.5. The molecule has 0 fully saturated rings. The van der Waals surface area contributed by atoms with Crippen molar-refractivity contribution in [3.63, 3.8) is 0 Å². The third-order valence-corrected chi connectivity index (χ3v) is 3.22. The van der Waals surface area contributed by atoms with Crippen LogP contribution in [-0.4, -0.2) is 40.1 Å². The molecule has 0 saturated carbocycles. The maximum atomic E-state index is 11.7. The number of amides is 2. The lowest BCUT2D eigenvalue weighted by Crippen LogP contribution is -2.46. The summed E-state index contributed by atoms with van der Waals surface area (Å²) >= 11 is 1.53. The summed E-state index contributed by atoms with van der Waals surface area (Å²) in [5, 5.41) is 14.0. The molecule has 1 aromatic rings. The Labute approximate surface area is 121 Å². The van der Waals surface area contributed by atoms with E-state index >= 15 is 0 Å². The second-order valence-corrected chi connectivity index (χ2v) is 5.31. The average Bonchev–Trinajstić information content (AvgIpc) is 2.80. The summed E-state index contributed by atoms with van der Waals surface area (Å²) in [6, 6.07) is -1.89. The number of carbonyl (C=O) groups excluding carboxylic acids is 1. The van der Waals surface area contributed by atoms with Crippen molar-refractivity contribution in [2.75, 3.05) is 12.0 Å². The molecular weight excluding hydrogens is 282 g/mol. The second kappa shape index (κ2) is 7.78. The first-order valence-corrected chi connectivity index (χ1v) is 7.54. The molecule has 0 bridgehead atoms. The number of carbonyl (C=O) groups is 2. The molecule has 0 aliphatic carbocycles. The topological polar surface area (TPSA) is 104 Å². The Morgan fingerprint density at radius 2 is 2.20 bits per heavy atom. The highest BCUT2D eigenvalue weighted by molar-refractivity contribution is 7.98. The van der Waals surface area contributed by atoms with Gasteiger partial charge in [0.2, 0.25) is 5.89 Å². The molecule has 0 aliphatic rings. The first kappa shape index (κ1) is 16.4. The maximum absolute atomic E-state index is 11.7. The largest absolute Gasteiger partial charge is 0.480 e. The number of nitrogens with zero attached hydrogens (tertiary/aromatic N) is 1. The summed E-state index contributed by atoms with van der Waals surface area (Å²) in [5.74, 6) is 0.644. The maximum Gasteiger partial charge on any atom is 0.326 e. The lowest BCUT2D eigenvalue weighted by atomic mass is 10.2. The van der Waals surface area contributed by atoms with Crippen LogP contribution in [0.5, 0.6) is 0 Å². The predicted molar refractivity (Wildman–Crippen MR) is 75.7 cm³/mol. The summed E-state index contributed by atoms with van der Waals surface area (Å²) < 4.78 is 5.29. The molecule has 1 unspecified atom stereocenters. The molecule has 112 valence electrons. The van der Waals surface area contributed by atoms with Crippen molar-refractivity contribution in [2.24, 2.45) is 0 Å². The standard InChI is InChI=1S/C12H19N3O4S/c1-7-6-13-10(19-7)8(2)14-12(18)15-9(11(16)17)4-5-20-3/h6,8-9H,4-5H2,1-3H3,(H,16,17)(H2,14,15,18)/t8?,9-/m1/s1. The van der Waals surface area contributed by atoms with Gasteiger partial charge in [-0.25, -0.2) is 14.6 Å². The van der Waals surface area contributed by atoms with Gasteiger partial charge < -0.3 is 20.2 Å². The molecule has 7 nitrogen and oxygen atoms in total. The normalized spacial score (nSPS) is 13.6. The Morgan fingerprint density at radius 1 is 1.50 bits per heavy atom. The Bertz CT molecular complexity index is 463. The molecule has 0 aliphatic heterocycles. The number of hydrogen-bond donors (Lipinski definition) is 3. The van der Waals surface area contributed by atoms with Crippen LogP contribution in [-0.2, 0) is 4.79 Å². The fourth-order valence-electron chi connectivity index (χ4n) is 1.52. The number of oxazole rings is 1. The molecule has 2 amide bonds. The van der Waals surface area contributed by atoms with Gasteiger partial charge >= 0.3 is 12.0 Å². The van der Waals surface area contributed by atoms with Crippen LogP contribution < -0.4 is 10.6 Å². The molecule has 0 saturated heterocycles. The van der Waals surface area contributed by atoms with Gasteiger partial charge in [-0.2, -0.15) is 11.8 Å². The summed E-state index contributed by atoms with van der Waals surface area (Å²) in [5.41, 5.74) is 0. The SMILES string of the molecule is CSCC[C@@H](NC(=O)NC(C)c1ncc(C)o1)C(=O)O. The third kappa shape index (κ3) is 5.12. The summed E-state index contributed by atoms with van der Waals surface area (Å²) in [4.78, 5) is 26.8. The van der Waals surface area contributed by atoms with Gasteiger partial charge in [0.15, 0.2) is 0 Å². The van der Waals surface area contributed by atoms with Crippen LogP contribution in [0, 0.1) is 6.92 Å². The molecule has 8 heteroatoms. The van der Waals surface area contributed by atoms with E-state index in [1.165, 1.54) is 11.8 Å². The van der Waals surface area contributed by atoms with Gasteiger partial charge in [0.05, 0.1) is 6.20 Å². The highest BCUT2D eigenvalue weighted by atomic mass is 32.2. The highest BCUT2D eigenvalue weighted by Crippen LogP contribution is 2.11.